The summed E-state index contributed by atoms with van der Waals surface area (Å²) >= 11 is 3.47. The number of benzene rings is 3. The fraction of sp³-hybridized carbons (Fsp3) is 0.111. The van der Waals surface area contributed by atoms with E-state index in [1.54, 1.807) is 18.2 Å². The van der Waals surface area contributed by atoms with Gasteiger partial charge in [0.25, 0.3) is 0 Å². The lowest BCUT2D eigenvalue weighted by molar-refractivity contribution is 0.221. The summed E-state index contributed by atoms with van der Waals surface area (Å²) in [4.78, 5) is 0. The fourth-order valence-electron chi connectivity index (χ4n) is 2.56. The van der Waals surface area contributed by atoms with Crippen molar-refractivity contribution in [3.05, 3.63) is 81.6 Å². The second-order valence-electron chi connectivity index (χ2n) is 5.11. The predicted molar refractivity (Wildman–Crippen MR) is 86.8 cm³/mol. The molecule has 0 radical (unpaired) electrons. The third kappa shape index (κ3) is 2.59. The van der Waals surface area contributed by atoms with Crippen LogP contribution < -0.4 is 0 Å². The SMILES string of the molecule is Cc1ccc(Br)c(C(O)c2ccc(F)c3ccccc23)c1. The highest BCUT2D eigenvalue weighted by molar-refractivity contribution is 9.10. The van der Waals surface area contributed by atoms with Crippen LogP contribution in [0.15, 0.2) is 59.1 Å². The van der Waals surface area contributed by atoms with Gasteiger partial charge >= 0.3 is 0 Å². The van der Waals surface area contributed by atoms with Crippen LogP contribution in [0.1, 0.15) is 22.8 Å². The van der Waals surface area contributed by atoms with Crippen LogP contribution in [-0.4, -0.2) is 5.11 Å². The van der Waals surface area contributed by atoms with Crippen molar-refractivity contribution in [1.82, 2.24) is 0 Å². The van der Waals surface area contributed by atoms with Crippen LogP contribution in [0.3, 0.4) is 0 Å². The van der Waals surface area contributed by atoms with Crippen molar-refractivity contribution in [2.24, 2.45) is 0 Å². The topological polar surface area (TPSA) is 20.2 Å². The Bertz CT molecular complexity index is 813. The monoisotopic (exact) mass is 344 g/mol. The molecule has 0 heterocycles. The predicted octanol–water partition coefficient (Wildman–Crippen LogP) is 5.13. The molecule has 0 aliphatic rings. The molecule has 0 aromatic heterocycles. The van der Waals surface area contributed by atoms with E-state index < -0.39 is 6.10 Å². The molecule has 1 N–H and O–H groups in total. The van der Waals surface area contributed by atoms with Gasteiger partial charge in [0.1, 0.15) is 11.9 Å². The maximum absolute atomic E-state index is 13.9. The maximum Gasteiger partial charge on any atom is 0.131 e. The summed E-state index contributed by atoms with van der Waals surface area (Å²) < 4.78 is 14.7. The van der Waals surface area contributed by atoms with Crippen LogP contribution >= 0.6 is 15.9 Å². The average molecular weight is 345 g/mol. The molecule has 21 heavy (non-hydrogen) atoms. The first-order chi connectivity index (χ1) is 10.1. The minimum atomic E-state index is -0.801. The van der Waals surface area contributed by atoms with E-state index in [1.165, 1.54) is 6.07 Å². The van der Waals surface area contributed by atoms with Gasteiger partial charge in [0.15, 0.2) is 0 Å². The van der Waals surface area contributed by atoms with Gasteiger partial charge in [0.05, 0.1) is 0 Å². The zero-order valence-electron chi connectivity index (χ0n) is 11.5. The molecular weight excluding hydrogens is 331 g/mol. The smallest absolute Gasteiger partial charge is 0.131 e. The molecule has 0 fully saturated rings. The third-order valence-corrected chi connectivity index (χ3v) is 4.37. The molecule has 3 heteroatoms. The van der Waals surface area contributed by atoms with Gasteiger partial charge in [-0.25, -0.2) is 4.39 Å². The van der Waals surface area contributed by atoms with Crippen LogP contribution in [0, 0.1) is 12.7 Å². The fourth-order valence-corrected chi connectivity index (χ4v) is 3.03. The summed E-state index contributed by atoms with van der Waals surface area (Å²) in [7, 11) is 0. The number of hydrogen-bond donors (Lipinski definition) is 1. The van der Waals surface area contributed by atoms with Crippen LogP contribution in [0.4, 0.5) is 4.39 Å². The molecule has 0 saturated heterocycles. The second-order valence-corrected chi connectivity index (χ2v) is 5.96. The summed E-state index contributed by atoms with van der Waals surface area (Å²) in [5.41, 5.74) is 2.56. The molecule has 1 nitrogen and oxygen atoms in total. The molecule has 3 aromatic rings. The molecule has 0 aliphatic carbocycles. The van der Waals surface area contributed by atoms with Crippen molar-refractivity contribution in [3.8, 4) is 0 Å². The van der Waals surface area contributed by atoms with E-state index in [9.17, 15) is 9.50 Å². The normalized spacial score (nSPS) is 12.6. The van der Waals surface area contributed by atoms with Gasteiger partial charge in [0.2, 0.25) is 0 Å². The second kappa shape index (κ2) is 5.58. The van der Waals surface area contributed by atoms with E-state index in [4.69, 9.17) is 0 Å². The lowest BCUT2D eigenvalue weighted by Gasteiger charge is -2.16. The molecule has 0 aliphatic heterocycles. The highest BCUT2D eigenvalue weighted by atomic mass is 79.9. The summed E-state index contributed by atoms with van der Waals surface area (Å²) in [6.07, 6.45) is -0.801. The van der Waals surface area contributed by atoms with Crippen LogP contribution in [0.25, 0.3) is 10.8 Å². The van der Waals surface area contributed by atoms with E-state index in [0.717, 1.165) is 21.0 Å². The van der Waals surface area contributed by atoms with E-state index in [-0.39, 0.29) is 5.82 Å². The minimum absolute atomic E-state index is 0.273. The Morgan fingerprint density at radius 2 is 1.67 bits per heavy atom. The van der Waals surface area contributed by atoms with Crippen LogP contribution in [-0.2, 0) is 0 Å². The van der Waals surface area contributed by atoms with E-state index in [1.807, 2.05) is 37.3 Å². The van der Waals surface area contributed by atoms with Gasteiger partial charge < -0.3 is 5.11 Å². The lowest BCUT2D eigenvalue weighted by atomic mass is 9.95. The summed E-state index contributed by atoms with van der Waals surface area (Å²) in [6, 6.07) is 16.1. The van der Waals surface area contributed by atoms with Crippen molar-refractivity contribution in [2.45, 2.75) is 13.0 Å². The Kier molecular flexibility index (Phi) is 3.79. The first-order valence-corrected chi connectivity index (χ1v) is 7.48. The summed E-state index contributed by atoms with van der Waals surface area (Å²) in [5.74, 6) is -0.273. The summed E-state index contributed by atoms with van der Waals surface area (Å²) in [6.45, 7) is 1.98. The molecule has 0 saturated carbocycles. The number of halogens is 2. The van der Waals surface area contributed by atoms with Gasteiger partial charge in [-0.3, -0.25) is 0 Å². The van der Waals surface area contributed by atoms with Crippen molar-refractivity contribution in [1.29, 1.82) is 0 Å². The number of aryl methyl sites for hydroxylation is 1. The minimum Gasteiger partial charge on any atom is -0.384 e. The number of hydrogen-bond acceptors (Lipinski definition) is 1. The molecule has 1 unspecified atom stereocenters. The third-order valence-electron chi connectivity index (χ3n) is 3.65. The highest BCUT2D eigenvalue weighted by Crippen LogP contribution is 2.34. The van der Waals surface area contributed by atoms with Crippen molar-refractivity contribution in [3.63, 3.8) is 0 Å². The number of fused-ring (bicyclic) bond motifs is 1. The lowest BCUT2D eigenvalue weighted by Crippen LogP contribution is -2.02. The number of aliphatic hydroxyl groups excluding tert-OH is 1. The zero-order valence-corrected chi connectivity index (χ0v) is 13.1. The Morgan fingerprint density at radius 1 is 0.952 bits per heavy atom. The molecule has 3 rings (SSSR count). The molecular formula is C18H14BrFO. The van der Waals surface area contributed by atoms with E-state index in [0.29, 0.717) is 10.9 Å². The Morgan fingerprint density at radius 3 is 2.43 bits per heavy atom. The number of aliphatic hydroxyl groups is 1. The molecule has 0 spiro atoms. The van der Waals surface area contributed by atoms with Crippen LogP contribution in [0.2, 0.25) is 0 Å². The van der Waals surface area contributed by atoms with E-state index in [2.05, 4.69) is 15.9 Å². The van der Waals surface area contributed by atoms with Crippen molar-refractivity contribution >= 4 is 26.7 Å². The highest BCUT2D eigenvalue weighted by Gasteiger charge is 2.17. The van der Waals surface area contributed by atoms with Crippen molar-refractivity contribution in [2.75, 3.05) is 0 Å². The molecule has 0 bridgehead atoms. The molecule has 3 aromatic carbocycles. The van der Waals surface area contributed by atoms with Gasteiger partial charge in [0, 0.05) is 9.86 Å². The maximum atomic E-state index is 13.9. The quantitative estimate of drug-likeness (QED) is 0.683. The molecule has 0 amide bonds. The number of rotatable bonds is 2. The summed E-state index contributed by atoms with van der Waals surface area (Å²) in [5, 5.41) is 12.0. The largest absolute Gasteiger partial charge is 0.384 e. The van der Waals surface area contributed by atoms with Crippen molar-refractivity contribution < 1.29 is 9.50 Å². The van der Waals surface area contributed by atoms with Gasteiger partial charge in [-0.2, -0.15) is 0 Å². The van der Waals surface area contributed by atoms with Crippen LogP contribution in [0.5, 0.6) is 0 Å². The Hall–Kier alpha value is -1.71. The van der Waals surface area contributed by atoms with Gasteiger partial charge in [-0.05, 0) is 35.6 Å². The first kappa shape index (κ1) is 14.2. The van der Waals surface area contributed by atoms with Gasteiger partial charge in [-0.15, -0.1) is 0 Å². The molecule has 106 valence electrons. The first-order valence-electron chi connectivity index (χ1n) is 6.69. The standard InChI is InChI=1S/C18H14BrFO/c1-11-6-8-16(19)15(10-11)18(21)14-7-9-17(20)13-5-3-2-4-12(13)14/h2-10,18,21H,1H3. The van der Waals surface area contributed by atoms with Gasteiger partial charge in [-0.1, -0.05) is 64.0 Å². The average Bonchev–Trinajstić information content (AvgIpc) is 2.50. The van der Waals surface area contributed by atoms with E-state index >= 15 is 0 Å². The Balaban J connectivity index is 2.20. The molecule has 1 atom stereocenters. The Labute approximate surface area is 131 Å². The zero-order chi connectivity index (χ0) is 15.0.